The fourth-order valence-electron chi connectivity index (χ4n) is 5.10. The zero-order chi connectivity index (χ0) is 15.7. The summed E-state index contributed by atoms with van der Waals surface area (Å²) >= 11 is 0. The second kappa shape index (κ2) is 4.65. The fraction of sp³-hybridized carbons (Fsp3) is 0.632. The molecule has 23 heavy (non-hydrogen) atoms. The van der Waals surface area contributed by atoms with E-state index in [1.807, 2.05) is 24.3 Å². The van der Waals surface area contributed by atoms with Gasteiger partial charge < -0.3 is 9.84 Å². The molecule has 1 N–H and O–H groups in total. The molecule has 122 valence electrons. The Morgan fingerprint density at radius 3 is 3.09 bits per heavy atom. The molecule has 0 radical (unpaired) electrons. The van der Waals surface area contributed by atoms with Crippen LogP contribution >= 0.6 is 0 Å². The van der Waals surface area contributed by atoms with Crippen molar-refractivity contribution in [2.24, 2.45) is 10.4 Å². The Balaban J connectivity index is 1.54. The van der Waals surface area contributed by atoms with Crippen molar-refractivity contribution in [1.82, 2.24) is 4.90 Å². The summed E-state index contributed by atoms with van der Waals surface area (Å²) in [6.07, 6.45) is 4.67. The molecule has 3 fully saturated rings. The SMILES string of the molecule is CCC12CCC3=Nc4ccccc4C3(O)CCN(CC3OC31)C2. The van der Waals surface area contributed by atoms with Crippen LogP contribution in [0.3, 0.4) is 0 Å². The minimum atomic E-state index is -0.867. The molecular formula is C19H24N2O2. The monoisotopic (exact) mass is 312 g/mol. The lowest BCUT2D eigenvalue weighted by atomic mass is 9.73. The van der Waals surface area contributed by atoms with Gasteiger partial charge >= 0.3 is 0 Å². The summed E-state index contributed by atoms with van der Waals surface area (Å²) in [6.45, 7) is 5.34. The largest absolute Gasteiger partial charge is 0.379 e. The molecule has 0 spiro atoms. The third kappa shape index (κ3) is 1.92. The van der Waals surface area contributed by atoms with Crippen LogP contribution in [-0.2, 0) is 10.3 Å². The highest BCUT2D eigenvalue weighted by molar-refractivity contribution is 6.00. The number of hydrogen-bond donors (Lipinski definition) is 1. The molecule has 2 bridgehead atoms. The molecule has 4 heteroatoms. The van der Waals surface area contributed by atoms with Crippen LogP contribution in [0.5, 0.6) is 0 Å². The Hall–Kier alpha value is -1.23. The molecule has 5 unspecified atom stereocenters. The number of aliphatic imine (C=N–C) groups is 1. The minimum absolute atomic E-state index is 0.242. The van der Waals surface area contributed by atoms with E-state index >= 15 is 0 Å². The molecule has 1 aromatic carbocycles. The average Bonchev–Trinajstić information content (AvgIpc) is 3.29. The first-order valence-corrected chi connectivity index (χ1v) is 8.92. The molecule has 4 aliphatic rings. The molecule has 3 saturated heterocycles. The van der Waals surface area contributed by atoms with Crippen LogP contribution in [0.25, 0.3) is 0 Å². The molecule has 4 nitrogen and oxygen atoms in total. The van der Waals surface area contributed by atoms with E-state index in [0.29, 0.717) is 12.2 Å². The topological polar surface area (TPSA) is 48.4 Å². The first-order chi connectivity index (χ1) is 11.1. The number of fused-ring (bicyclic) bond motifs is 7. The Morgan fingerprint density at radius 1 is 1.35 bits per heavy atom. The number of aliphatic hydroxyl groups is 1. The standard InChI is InChI=1S/C19H24N2O2/c1-2-18-8-7-16-19(22,13-5-3-4-6-14(13)20-16)9-10-21(12-18)11-15-17(18)23-15/h3-6,15,17,22H,2,7-12H2,1H3. The quantitative estimate of drug-likeness (QED) is 0.811. The zero-order valence-electron chi connectivity index (χ0n) is 13.7. The first kappa shape index (κ1) is 14.1. The highest BCUT2D eigenvalue weighted by atomic mass is 16.6. The van der Waals surface area contributed by atoms with E-state index in [1.54, 1.807) is 0 Å². The number of nitrogens with zero attached hydrogens (tertiary/aromatic N) is 2. The first-order valence-electron chi connectivity index (χ1n) is 8.92. The molecular weight excluding hydrogens is 288 g/mol. The van der Waals surface area contributed by atoms with E-state index < -0.39 is 5.60 Å². The summed E-state index contributed by atoms with van der Waals surface area (Å²) in [5.41, 5.74) is 2.30. The Labute approximate surface area is 137 Å². The maximum absolute atomic E-state index is 11.5. The van der Waals surface area contributed by atoms with Crippen molar-refractivity contribution in [1.29, 1.82) is 0 Å². The van der Waals surface area contributed by atoms with Gasteiger partial charge in [-0.1, -0.05) is 25.1 Å². The van der Waals surface area contributed by atoms with Gasteiger partial charge in [0.25, 0.3) is 0 Å². The summed E-state index contributed by atoms with van der Waals surface area (Å²) in [4.78, 5) is 7.33. The predicted octanol–water partition coefficient (Wildman–Crippen LogP) is 2.62. The number of para-hydroxylation sites is 1. The van der Waals surface area contributed by atoms with Gasteiger partial charge in [0.05, 0.1) is 23.6 Å². The van der Waals surface area contributed by atoms with E-state index in [2.05, 4.69) is 11.8 Å². The van der Waals surface area contributed by atoms with E-state index in [0.717, 1.165) is 62.3 Å². The molecule has 5 atom stereocenters. The van der Waals surface area contributed by atoms with Crippen LogP contribution in [0.15, 0.2) is 29.3 Å². The minimum Gasteiger partial charge on any atom is -0.379 e. The summed E-state index contributed by atoms with van der Waals surface area (Å²) in [7, 11) is 0. The highest BCUT2D eigenvalue weighted by Crippen LogP contribution is 2.52. The van der Waals surface area contributed by atoms with Crippen LogP contribution in [0.4, 0.5) is 5.69 Å². The zero-order valence-corrected chi connectivity index (χ0v) is 13.7. The van der Waals surface area contributed by atoms with Crippen molar-refractivity contribution in [3.05, 3.63) is 29.8 Å². The van der Waals surface area contributed by atoms with Crippen molar-refractivity contribution in [3.63, 3.8) is 0 Å². The molecule has 0 aromatic heterocycles. The van der Waals surface area contributed by atoms with E-state index in [9.17, 15) is 5.11 Å². The van der Waals surface area contributed by atoms with Gasteiger partial charge in [-0.2, -0.15) is 0 Å². The second-order valence-corrected chi connectivity index (χ2v) is 7.73. The van der Waals surface area contributed by atoms with Crippen LogP contribution < -0.4 is 0 Å². The van der Waals surface area contributed by atoms with Gasteiger partial charge in [0.2, 0.25) is 0 Å². The van der Waals surface area contributed by atoms with Crippen LogP contribution in [0.1, 0.15) is 38.2 Å². The van der Waals surface area contributed by atoms with E-state index in [-0.39, 0.29) is 5.41 Å². The smallest absolute Gasteiger partial charge is 0.131 e. The lowest BCUT2D eigenvalue weighted by Crippen LogP contribution is -2.48. The van der Waals surface area contributed by atoms with E-state index in [4.69, 9.17) is 9.73 Å². The van der Waals surface area contributed by atoms with E-state index in [1.165, 1.54) is 0 Å². The van der Waals surface area contributed by atoms with Crippen LogP contribution in [-0.4, -0.2) is 47.6 Å². The van der Waals surface area contributed by atoms with Crippen molar-refractivity contribution in [2.45, 2.75) is 50.4 Å². The maximum Gasteiger partial charge on any atom is 0.131 e. The number of ether oxygens (including phenoxy) is 1. The van der Waals surface area contributed by atoms with Gasteiger partial charge in [0.1, 0.15) is 5.60 Å². The van der Waals surface area contributed by atoms with Crippen LogP contribution in [0, 0.1) is 5.41 Å². The Morgan fingerprint density at radius 2 is 2.22 bits per heavy atom. The number of rotatable bonds is 1. The van der Waals surface area contributed by atoms with Crippen molar-refractivity contribution in [3.8, 4) is 0 Å². The molecule has 1 aromatic rings. The lowest BCUT2D eigenvalue weighted by molar-refractivity contribution is 0.0679. The average molecular weight is 312 g/mol. The number of piperidine rings is 1. The fourth-order valence-corrected chi connectivity index (χ4v) is 5.10. The molecule has 0 aliphatic carbocycles. The maximum atomic E-state index is 11.5. The summed E-state index contributed by atoms with van der Waals surface area (Å²) in [5.74, 6) is 0. The van der Waals surface area contributed by atoms with Crippen LogP contribution in [0.2, 0.25) is 0 Å². The molecule has 0 amide bonds. The second-order valence-electron chi connectivity index (χ2n) is 7.73. The third-order valence-corrected chi connectivity index (χ3v) is 6.60. The predicted molar refractivity (Wildman–Crippen MR) is 89.1 cm³/mol. The van der Waals surface area contributed by atoms with Crippen molar-refractivity contribution >= 4 is 11.4 Å². The summed E-state index contributed by atoms with van der Waals surface area (Å²) in [6, 6.07) is 8.08. The highest BCUT2D eigenvalue weighted by Gasteiger charge is 2.59. The summed E-state index contributed by atoms with van der Waals surface area (Å²) in [5, 5.41) is 11.5. The van der Waals surface area contributed by atoms with Gasteiger partial charge in [0, 0.05) is 30.6 Å². The molecule has 5 rings (SSSR count). The van der Waals surface area contributed by atoms with Gasteiger partial charge in [-0.25, -0.2) is 0 Å². The normalized spacial score (nSPS) is 44.1. The van der Waals surface area contributed by atoms with Crippen molar-refractivity contribution in [2.75, 3.05) is 19.6 Å². The third-order valence-electron chi connectivity index (χ3n) is 6.60. The van der Waals surface area contributed by atoms with Gasteiger partial charge in [-0.15, -0.1) is 0 Å². The van der Waals surface area contributed by atoms with Crippen molar-refractivity contribution < 1.29 is 9.84 Å². The Bertz CT molecular complexity index is 688. The lowest BCUT2D eigenvalue weighted by Gasteiger charge is -2.39. The molecule has 4 heterocycles. The number of epoxide rings is 1. The van der Waals surface area contributed by atoms with Gasteiger partial charge in [-0.05, 0) is 31.7 Å². The number of hydrogen-bond acceptors (Lipinski definition) is 4. The van der Waals surface area contributed by atoms with Gasteiger partial charge in [0.15, 0.2) is 0 Å². The Kier molecular flexibility index (Phi) is 2.86. The number of benzene rings is 1. The summed E-state index contributed by atoms with van der Waals surface area (Å²) < 4.78 is 5.99. The van der Waals surface area contributed by atoms with Gasteiger partial charge in [-0.3, -0.25) is 9.89 Å². The molecule has 4 aliphatic heterocycles. The molecule has 0 saturated carbocycles.